The predicted molar refractivity (Wildman–Crippen MR) is 83.3 cm³/mol. The first-order chi connectivity index (χ1) is 9.38. The molecule has 0 bridgehead atoms. The fourth-order valence-corrected chi connectivity index (χ4v) is 3.21. The van der Waals surface area contributed by atoms with E-state index in [-0.39, 0.29) is 11.9 Å². The Bertz CT molecular complexity index is 654. The van der Waals surface area contributed by atoms with Crippen LogP contribution in [0.2, 0.25) is 5.02 Å². The van der Waals surface area contributed by atoms with Gasteiger partial charge in [-0.3, -0.25) is 4.79 Å². The highest BCUT2D eigenvalue weighted by Crippen LogP contribution is 2.25. The summed E-state index contributed by atoms with van der Waals surface area (Å²) in [7, 11) is 0. The van der Waals surface area contributed by atoms with Crippen molar-refractivity contribution in [3.05, 3.63) is 44.4 Å². The fraction of sp³-hybridized carbons (Fsp3) is 0.286. The largest absolute Gasteiger partial charge is 0.399 e. The minimum atomic E-state index is -0.215. The van der Waals surface area contributed by atoms with E-state index in [0.717, 1.165) is 15.6 Å². The van der Waals surface area contributed by atoms with Gasteiger partial charge in [-0.2, -0.15) is 0 Å². The molecule has 0 radical (unpaired) electrons. The highest BCUT2D eigenvalue weighted by Gasteiger charge is 2.17. The summed E-state index contributed by atoms with van der Waals surface area (Å²) in [5, 5.41) is 4.28. The third-order valence-corrected chi connectivity index (χ3v) is 4.49. The van der Waals surface area contributed by atoms with Crippen LogP contribution >= 0.6 is 22.9 Å². The number of anilines is 1. The number of thiazole rings is 1. The second-order valence-corrected chi connectivity index (χ2v) is 6.26. The second-order valence-electron chi connectivity index (χ2n) is 4.62. The van der Waals surface area contributed by atoms with Crippen molar-refractivity contribution in [1.82, 2.24) is 10.3 Å². The molecule has 0 aliphatic carbocycles. The van der Waals surface area contributed by atoms with E-state index in [1.807, 2.05) is 20.8 Å². The van der Waals surface area contributed by atoms with Crippen LogP contribution in [0.5, 0.6) is 0 Å². The number of amides is 1. The van der Waals surface area contributed by atoms with E-state index >= 15 is 0 Å². The number of halogens is 1. The number of nitrogens with two attached hydrogens (primary N) is 1. The number of aromatic nitrogens is 1. The van der Waals surface area contributed by atoms with Crippen LogP contribution < -0.4 is 11.1 Å². The number of benzene rings is 1. The Morgan fingerprint density at radius 1 is 1.45 bits per heavy atom. The van der Waals surface area contributed by atoms with Gasteiger partial charge in [0.25, 0.3) is 5.91 Å². The van der Waals surface area contributed by atoms with Gasteiger partial charge < -0.3 is 11.1 Å². The van der Waals surface area contributed by atoms with Crippen LogP contribution in [0, 0.1) is 13.8 Å². The molecule has 1 atom stereocenters. The number of carbonyl (C=O) groups is 1. The number of nitrogen functional groups attached to an aromatic ring is 1. The van der Waals surface area contributed by atoms with E-state index in [9.17, 15) is 4.79 Å². The molecule has 1 aromatic carbocycles. The monoisotopic (exact) mass is 309 g/mol. The van der Waals surface area contributed by atoms with Gasteiger partial charge in [-0.15, -0.1) is 11.3 Å². The summed E-state index contributed by atoms with van der Waals surface area (Å²) in [5.41, 5.74) is 7.53. The van der Waals surface area contributed by atoms with Crippen LogP contribution in [0.15, 0.2) is 18.2 Å². The molecule has 0 aliphatic heterocycles. The molecule has 0 aliphatic rings. The molecule has 1 unspecified atom stereocenters. The van der Waals surface area contributed by atoms with Gasteiger partial charge in [-0.05, 0) is 39.0 Å². The Labute approximate surface area is 127 Å². The van der Waals surface area contributed by atoms with Crippen molar-refractivity contribution in [3.63, 3.8) is 0 Å². The van der Waals surface area contributed by atoms with Crippen LogP contribution in [0.25, 0.3) is 0 Å². The summed E-state index contributed by atoms with van der Waals surface area (Å²) in [5.74, 6) is -0.215. The summed E-state index contributed by atoms with van der Waals surface area (Å²) in [6.07, 6.45) is 0. The first kappa shape index (κ1) is 14.8. The molecule has 2 rings (SSSR count). The van der Waals surface area contributed by atoms with Crippen molar-refractivity contribution in [2.45, 2.75) is 26.8 Å². The van der Waals surface area contributed by atoms with Crippen LogP contribution in [-0.2, 0) is 0 Å². The molecule has 106 valence electrons. The van der Waals surface area contributed by atoms with Crippen LogP contribution in [0.4, 0.5) is 5.69 Å². The van der Waals surface area contributed by atoms with E-state index in [1.165, 1.54) is 0 Å². The summed E-state index contributed by atoms with van der Waals surface area (Å²) in [4.78, 5) is 17.7. The molecule has 1 aromatic heterocycles. The zero-order valence-electron chi connectivity index (χ0n) is 11.5. The maximum absolute atomic E-state index is 12.2. The first-order valence-electron chi connectivity index (χ1n) is 6.18. The van der Waals surface area contributed by atoms with Crippen LogP contribution in [-0.4, -0.2) is 10.9 Å². The van der Waals surface area contributed by atoms with Gasteiger partial charge in [0.1, 0.15) is 0 Å². The van der Waals surface area contributed by atoms with E-state index in [2.05, 4.69) is 10.3 Å². The number of nitrogens with zero attached hydrogens (tertiary/aromatic N) is 1. The Morgan fingerprint density at radius 3 is 2.70 bits per heavy atom. The number of hydrogen-bond acceptors (Lipinski definition) is 4. The average molecular weight is 310 g/mol. The molecule has 0 fully saturated rings. The molecule has 4 nitrogen and oxygen atoms in total. The molecular weight excluding hydrogens is 294 g/mol. The van der Waals surface area contributed by atoms with Crippen molar-refractivity contribution >= 4 is 34.5 Å². The summed E-state index contributed by atoms with van der Waals surface area (Å²) >= 11 is 7.63. The summed E-state index contributed by atoms with van der Waals surface area (Å²) < 4.78 is 0. The number of aryl methyl sites for hydroxylation is 2. The van der Waals surface area contributed by atoms with Crippen molar-refractivity contribution in [3.8, 4) is 0 Å². The molecule has 0 saturated heterocycles. The van der Waals surface area contributed by atoms with Gasteiger partial charge in [-0.25, -0.2) is 4.98 Å². The standard InChI is InChI=1S/C14H16ClN3OS/c1-7-13(20-9(3)17-7)8(2)18-14(19)11-5-4-10(16)6-12(11)15/h4-6,8H,16H2,1-3H3,(H,18,19). The average Bonchev–Trinajstić information content (AvgIpc) is 2.68. The summed E-state index contributed by atoms with van der Waals surface area (Å²) in [6.45, 7) is 5.83. The first-order valence-corrected chi connectivity index (χ1v) is 7.37. The fourth-order valence-electron chi connectivity index (χ4n) is 2.00. The second kappa shape index (κ2) is 5.81. The Hall–Kier alpha value is -1.59. The topological polar surface area (TPSA) is 68.0 Å². The molecule has 3 N–H and O–H groups in total. The lowest BCUT2D eigenvalue weighted by atomic mass is 10.1. The molecule has 0 spiro atoms. The lowest BCUT2D eigenvalue weighted by Crippen LogP contribution is -2.26. The minimum Gasteiger partial charge on any atom is -0.399 e. The predicted octanol–water partition coefficient (Wildman–Crippen LogP) is 3.49. The van der Waals surface area contributed by atoms with Crippen LogP contribution in [0.1, 0.15) is 38.9 Å². The lowest BCUT2D eigenvalue weighted by Gasteiger charge is -2.13. The Kier molecular flexibility index (Phi) is 4.30. The van der Waals surface area contributed by atoms with Gasteiger partial charge in [0.2, 0.25) is 0 Å². The Balaban J connectivity index is 2.17. The molecule has 20 heavy (non-hydrogen) atoms. The molecule has 2 aromatic rings. The van der Waals surface area contributed by atoms with Crippen molar-refractivity contribution in [2.75, 3.05) is 5.73 Å². The maximum Gasteiger partial charge on any atom is 0.253 e. The zero-order chi connectivity index (χ0) is 14.9. The lowest BCUT2D eigenvalue weighted by molar-refractivity contribution is 0.0940. The molecule has 6 heteroatoms. The third kappa shape index (κ3) is 3.11. The highest BCUT2D eigenvalue weighted by atomic mass is 35.5. The minimum absolute atomic E-state index is 0.109. The molecule has 0 saturated carbocycles. The molecule has 1 amide bonds. The number of nitrogens with one attached hydrogen (secondary N) is 1. The molecular formula is C14H16ClN3OS. The van der Waals surface area contributed by atoms with Gasteiger partial charge in [0.05, 0.1) is 27.3 Å². The van der Waals surface area contributed by atoms with Gasteiger partial charge in [-0.1, -0.05) is 11.6 Å². The Morgan fingerprint density at radius 2 is 2.15 bits per heavy atom. The van der Waals surface area contributed by atoms with Gasteiger partial charge >= 0.3 is 0 Å². The van der Waals surface area contributed by atoms with Crippen molar-refractivity contribution in [1.29, 1.82) is 0 Å². The molecule has 1 heterocycles. The smallest absolute Gasteiger partial charge is 0.253 e. The van der Waals surface area contributed by atoms with Gasteiger partial charge in [0.15, 0.2) is 0 Å². The van der Waals surface area contributed by atoms with Crippen molar-refractivity contribution in [2.24, 2.45) is 0 Å². The van der Waals surface area contributed by atoms with Crippen LogP contribution in [0.3, 0.4) is 0 Å². The van der Waals surface area contributed by atoms with Gasteiger partial charge in [0, 0.05) is 10.6 Å². The highest BCUT2D eigenvalue weighted by molar-refractivity contribution is 7.11. The normalized spacial score (nSPS) is 12.2. The maximum atomic E-state index is 12.2. The summed E-state index contributed by atoms with van der Waals surface area (Å²) in [6, 6.07) is 4.75. The van der Waals surface area contributed by atoms with E-state index in [1.54, 1.807) is 29.5 Å². The number of hydrogen-bond donors (Lipinski definition) is 2. The quantitative estimate of drug-likeness (QED) is 0.853. The van der Waals surface area contributed by atoms with E-state index in [0.29, 0.717) is 16.3 Å². The number of carbonyl (C=O) groups excluding carboxylic acids is 1. The zero-order valence-corrected chi connectivity index (χ0v) is 13.1. The van der Waals surface area contributed by atoms with E-state index < -0.39 is 0 Å². The number of rotatable bonds is 3. The SMILES string of the molecule is Cc1nc(C)c(C(C)NC(=O)c2ccc(N)cc2Cl)s1. The third-order valence-electron chi connectivity index (χ3n) is 2.92. The van der Waals surface area contributed by atoms with E-state index in [4.69, 9.17) is 17.3 Å². The van der Waals surface area contributed by atoms with Crippen molar-refractivity contribution < 1.29 is 4.79 Å².